The highest BCUT2D eigenvalue weighted by atomic mass is 32.2. The molecule has 11 heteroatoms. The molecule has 1 N–H and O–H groups in total. The third kappa shape index (κ3) is 5.19. The molecule has 0 bridgehead atoms. The second-order valence-corrected chi connectivity index (χ2v) is 11.3. The third-order valence-electron chi connectivity index (χ3n) is 6.71. The summed E-state index contributed by atoms with van der Waals surface area (Å²) < 4.78 is 57.4. The minimum absolute atomic E-state index is 0.0249. The van der Waals surface area contributed by atoms with Crippen molar-refractivity contribution in [2.24, 2.45) is 0 Å². The van der Waals surface area contributed by atoms with E-state index in [1.54, 1.807) is 17.0 Å². The Hall–Kier alpha value is -3.44. The molecule has 0 radical (unpaired) electrons. The molecule has 1 fully saturated rings. The molecule has 1 atom stereocenters. The van der Waals surface area contributed by atoms with E-state index in [0.717, 1.165) is 21.5 Å². The van der Waals surface area contributed by atoms with Crippen LogP contribution in [0.3, 0.4) is 0 Å². The van der Waals surface area contributed by atoms with Gasteiger partial charge in [-0.15, -0.1) is 4.09 Å². The van der Waals surface area contributed by atoms with Crippen molar-refractivity contribution in [3.8, 4) is 0 Å². The second-order valence-electron chi connectivity index (χ2n) is 9.52. The van der Waals surface area contributed by atoms with E-state index in [1.807, 2.05) is 38.1 Å². The van der Waals surface area contributed by atoms with Crippen molar-refractivity contribution >= 4 is 26.9 Å². The highest BCUT2D eigenvalue weighted by Gasteiger charge is 2.45. The number of piperidine rings is 1. The zero-order valence-corrected chi connectivity index (χ0v) is 21.4. The summed E-state index contributed by atoms with van der Waals surface area (Å²) in [5.41, 5.74) is 3.23. The van der Waals surface area contributed by atoms with Gasteiger partial charge in [0.2, 0.25) is 0 Å². The predicted octanol–water partition coefficient (Wildman–Crippen LogP) is 4.04. The molecule has 194 valence electrons. The number of likely N-dealkylation sites (tertiary alicyclic amines) is 1. The minimum Gasteiger partial charge on any atom is -0.360 e. The van der Waals surface area contributed by atoms with Crippen molar-refractivity contribution in [3.05, 3.63) is 77.7 Å². The molecule has 5 rings (SSSR count). The quantitative estimate of drug-likeness (QED) is 0.388. The van der Waals surface area contributed by atoms with Gasteiger partial charge in [0, 0.05) is 13.1 Å². The number of hydrogen-bond acceptors (Lipinski definition) is 7. The van der Waals surface area contributed by atoms with Crippen molar-refractivity contribution in [2.75, 3.05) is 25.0 Å². The Morgan fingerprint density at radius 2 is 1.70 bits per heavy atom. The van der Waals surface area contributed by atoms with Gasteiger partial charge in [-0.3, -0.25) is 4.90 Å². The monoisotopic (exact) mass is 526 g/mol. The van der Waals surface area contributed by atoms with Crippen LogP contribution in [0.4, 0.5) is 14.6 Å². The summed E-state index contributed by atoms with van der Waals surface area (Å²) in [6.07, 6.45) is 3.36. The summed E-state index contributed by atoms with van der Waals surface area (Å²) in [5.74, 6) is -2.87. The van der Waals surface area contributed by atoms with E-state index >= 15 is 8.78 Å². The summed E-state index contributed by atoms with van der Waals surface area (Å²) in [7, 11) is -4.02. The molecule has 0 amide bonds. The Labute approximate surface area is 214 Å². The van der Waals surface area contributed by atoms with Crippen LogP contribution in [0.15, 0.2) is 66.0 Å². The van der Waals surface area contributed by atoms with Gasteiger partial charge in [-0.1, -0.05) is 47.5 Å². The Kier molecular flexibility index (Phi) is 6.67. The number of aryl methyl sites for hydroxylation is 2. The van der Waals surface area contributed by atoms with E-state index in [4.69, 9.17) is 0 Å². The fraction of sp³-hybridized carbons (Fsp3) is 0.346. The van der Waals surface area contributed by atoms with Gasteiger partial charge in [-0.2, -0.15) is 13.5 Å². The first kappa shape index (κ1) is 25.2. The van der Waals surface area contributed by atoms with Gasteiger partial charge in [0.25, 0.3) is 15.9 Å². The number of benzene rings is 2. The van der Waals surface area contributed by atoms with Crippen LogP contribution < -0.4 is 5.32 Å². The number of nitrogens with one attached hydrogen (secondary N) is 1. The van der Waals surface area contributed by atoms with E-state index in [-0.39, 0.29) is 34.7 Å². The molecule has 0 spiro atoms. The van der Waals surface area contributed by atoms with Crippen LogP contribution in [0.5, 0.6) is 0 Å². The molecule has 0 aliphatic carbocycles. The van der Waals surface area contributed by atoms with Gasteiger partial charge in [0.05, 0.1) is 29.1 Å². The lowest BCUT2D eigenvalue weighted by Crippen LogP contribution is -2.54. The summed E-state index contributed by atoms with van der Waals surface area (Å²) in [4.78, 5) is 10.1. The fourth-order valence-electron chi connectivity index (χ4n) is 4.51. The Morgan fingerprint density at radius 1 is 1.03 bits per heavy atom. The number of halogens is 2. The average molecular weight is 527 g/mol. The van der Waals surface area contributed by atoms with E-state index in [9.17, 15) is 8.42 Å². The van der Waals surface area contributed by atoms with Crippen LogP contribution in [0.1, 0.15) is 23.1 Å². The van der Waals surface area contributed by atoms with Crippen molar-refractivity contribution in [1.29, 1.82) is 0 Å². The summed E-state index contributed by atoms with van der Waals surface area (Å²) in [6.45, 7) is 4.56. The number of hydrogen-bond donors (Lipinski definition) is 1. The normalized spacial score (nSPS) is 18.2. The number of alkyl halides is 2. The van der Waals surface area contributed by atoms with E-state index in [2.05, 4.69) is 20.4 Å². The summed E-state index contributed by atoms with van der Waals surface area (Å²) in [5, 5.41) is 7.13. The van der Waals surface area contributed by atoms with Gasteiger partial charge in [0.1, 0.15) is 12.1 Å². The van der Waals surface area contributed by atoms with Crippen LogP contribution in [0, 0.1) is 13.8 Å². The van der Waals surface area contributed by atoms with Crippen LogP contribution in [0.25, 0.3) is 11.0 Å². The molecule has 0 saturated carbocycles. The zero-order chi connectivity index (χ0) is 26.2. The maximum absolute atomic E-state index is 15.2. The molecule has 2 aromatic heterocycles. The van der Waals surface area contributed by atoms with Gasteiger partial charge < -0.3 is 5.32 Å². The van der Waals surface area contributed by atoms with E-state index in [1.165, 1.54) is 23.9 Å². The molecule has 37 heavy (non-hydrogen) atoms. The summed E-state index contributed by atoms with van der Waals surface area (Å²) in [6, 6.07) is 13.3. The molecule has 1 saturated heterocycles. The highest BCUT2D eigenvalue weighted by molar-refractivity contribution is 7.90. The molecule has 1 unspecified atom stereocenters. The first-order valence-corrected chi connectivity index (χ1v) is 13.5. The SMILES string of the molecule is Cc1ccc(CCN2CCC(Nc3ncnc4c3cnn4S(=O)(=O)c3ccc(C)cc3)C(F)(F)C2)cc1. The Bertz CT molecular complexity index is 1500. The second kappa shape index (κ2) is 9.79. The number of fused-ring (bicyclic) bond motifs is 1. The number of aromatic nitrogens is 4. The largest absolute Gasteiger partial charge is 0.360 e. The predicted molar refractivity (Wildman–Crippen MR) is 137 cm³/mol. The molecular formula is C26H28F2N6O2S. The average Bonchev–Trinajstić information content (AvgIpc) is 3.31. The lowest BCUT2D eigenvalue weighted by atomic mass is 9.99. The van der Waals surface area contributed by atoms with E-state index in [0.29, 0.717) is 19.5 Å². The topological polar surface area (TPSA) is 93.0 Å². The van der Waals surface area contributed by atoms with Gasteiger partial charge in [0.15, 0.2) is 5.65 Å². The lowest BCUT2D eigenvalue weighted by molar-refractivity contribution is -0.0734. The molecule has 4 aromatic rings. The summed E-state index contributed by atoms with van der Waals surface area (Å²) >= 11 is 0. The van der Waals surface area contributed by atoms with Crippen LogP contribution in [-0.2, 0) is 16.4 Å². The van der Waals surface area contributed by atoms with Crippen LogP contribution in [0.2, 0.25) is 0 Å². The highest BCUT2D eigenvalue weighted by Crippen LogP contribution is 2.32. The van der Waals surface area contributed by atoms with Crippen molar-refractivity contribution in [1.82, 2.24) is 24.1 Å². The molecular weight excluding hydrogens is 498 g/mol. The van der Waals surface area contributed by atoms with E-state index < -0.39 is 22.0 Å². The van der Waals surface area contributed by atoms with Crippen LogP contribution >= 0.6 is 0 Å². The molecule has 1 aliphatic heterocycles. The van der Waals surface area contributed by atoms with Crippen LogP contribution in [-0.4, -0.2) is 64.1 Å². The Morgan fingerprint density at radius 3 is 2.38 bits per heavy atom. The maximum Gasteiger partial charge on any atom is 0.284 e. The third-order valence-corrected chi connectivity index (χ3v) is 8.30. The molecule has 3 heterocycles. The number of rotatable bonds is 7. The van der Waals surface area contributed by atoms with Crippen molar-refractivity contribution < 1.29 is 17.2 Å². The van der Waals surface area contributed by atoms with Crippen molar-refractivity contribution in [2.45, 2.75) is 43.5 Å². The zero-order valence-electron chi connectivity index (χ0n) is 20.6. The molecule has 8 nitrogen and oxygen atoms in total. The van der Waals surface area contributed by atoms with Gasteiger partial charge >= 0.3 is 0 Å². The lowest BCUT2D eigenvalue weighted by Gasteiger charge is -2.38. The molecule has 2 aromatic carbocycles. The maximum atomic E-state index is 15.2. The van der Waals surface area contributed by atoms with Crippen molar-refractivity contribution in [3.63, 3.8) is 0 Å². The number of nitrogens with zero attached hydrogens (tertiary/aromatic N) is 5. The minimum atomic E-state index is -4.02. The number of anilines is 1. The fourth-order valence-corrected chi connectivity index (χ4v) is 5.73. The first-order chi connectivity index (χ1) is 17.6. The standard InChI is InChI=1S/C26H28F2N6O2S/c1-18-3-7-20(8-4-18)11-13-33-14-12-23(26(27,28)16-33)32-24-22-15-31-34(25(22)30-17-29-24)37(35,36)21-9-5-19(2)6-10-21/h3-10,15,17,23H,11-14,16H2,1-2H3,(H,29,30,32). The van der Waals surface area contributed by atoms with Gasteiger partial charge in [-0.25, -0.2) is 18.7 Å². The Balaban J connectivity index is 1.31. The van der Waals surface area contributed by atoms with Gasteiger partial charge in [-0.05, 0) is 44.4 Å². The smallest absolute Gasteiger partial charge is 0.284 e. The first-order valence-electron chi connectivity index (χ1n) is 12.1. The molecule has 1 aliphatic rings.